The van der Waals surface area contributed by atoms with E-state index in [1.54, 1.807) is 12.1 Å². The highest BCUT2D eigenvalue weighted by Gasteiger charge is 2.23. The van der Waals surface area contributed by atoms with Crippen molar-refractivity contribution in [2.24, 2.45) is 0 Å². The highest BCUT2D eigenvalue weighted by molar-refractivity contribution is 7.92. The molecule has 0 aliphatic heterocycles. The predicted octanol–water partition coefficient (Wildman–Crippen LogP) is 2.76. The molecule has 0 bridgehead atoms. The van der Waals surface area contributed by atoms with E-state index in [4.69, 9.17) is 5.73 Å². The number of aromatic nitrogens is 1. The van der Waals surface area contributed by atoms with Gasteiger partial charge in [-0.05, 0) is 23.1 Å². The summed E-state index contributed by atoms with van der Waals surface area (Å²) in [7, 11) is -3.76. The van der Waals surface area contributed by atoms with E-state index in [1.807, 2.05) is 32.9 Å². The SMILES string of the molecule is CC(C)(C)c1ccccc1NS(=O)(=O)c1cnccc1N. The Hall–Kier alpha value is -2.08. The van der Waals surface area contributed by atoms with E-state index >= 15 is 0 Å². The maximum absolute atomic E-state index is 12.5. The summed E-state index contributed by atoms with van der Waals surface area (Å²) in [6.45, 7) is 6.08. The van der Waals surface area contributed by atoms with Gasteiger partial charge in [-0.1, -0.05) is 39.0 Å². The molecule has 0 radical (unpaired) electrons. The van der Waals surface area contributed by atoms with Crippen LogP contribution in [0.5, 0.6) is 0 Å². The van der Waals surface area contributed by atoms with Gasteiger partial charge >= 0.3 is 0 Å². The number of hydrogen-bond acceptors (Lipinski definition) is 4. The highest BCUT2D eigenvalue weighted by Crippen LogP contribution is 2.31. The number of para-hydroxylation sites is 1. The van der Waals surface area contributed by atoms with Crippen molar-refractivity contribution in [3.63, 3.8) is 0 Å². The lowest BCUT2D eigenvalue weighted by Crippen LogP contribution is -2.20. The number of pyridine rings is 1. The summed E-state index contributed by atoms with van der Waals surface area (Å²) >= 11 is 0. The summed E-state index contributed by atoms with van der Waals surface area (Å²) in [6, 6.07) is 8.79. The first-order valence-electron chi connectivity index (χ1n) is 6.53. The fraction of sp³-hybridized carbons (Fsp3) is 0.267. The number of nitrogens with two attached hydrogens (primary N) is 1. The number of anilines is 2. The summed E-state index contributed by atoms with van der Waals surface area (Å²) < 4.78 is 27.5. The van der Waals surface area contributed by atoms with Crippen molar-refractivity contribution in [1.82, 2.24) is 4.98 Å². The molecule has 0 atom stereocenters. The maximum Gasteiger partial charge on any atom is 0.265 e. The Balaban J connectivity index is 2.46. The van der Waals surface area contributed by atoms with Gasteiger partial charge in [0, 0.05) is 12.4 Å². The first-order chi connectivity index (χ1) is 9.72. The smallest absolute Gasteiger partial charge is 0.265 e. The molecule has 2 rings (SSSR count). The van der Waals surface area contributed by atoms with Crippen LogP contribution >= 0.6 is 0 Å². The monoisotopic (exact) mass is 305 g/mol. The minimum atomic E-state index is -3.76. The van der Waals surface area contributed by atoms with E-state index < -0.39 is 10.0 Å². The molecule has 5 nitrogen and oxygen atoms in total. The summed E-state index contributed by atoms with van der Waals surface area (Å²) in [6.07, 6.45) is 2.70. The third-order valence-corrected chi connectivity index (χ3v) is 4.49. The van der Waals surface area contributed by atoms with Gasteiger partial charge < -0.3 is 5.73 Å². The minimum absolute atomic E-state index is 0.0197. The molecule has 21 heavy (non-hydrogen) atoms. The number of rotatable bonds is 3. The first kappa shape index (κ1) is 15.3. The molecule has 0 fully saturated rings. The maximum atomic E-state index is 12.5. The molecular weight excluding hydrogens is 286 g/mol. The molecular formula is C15H19N3O2S. The molecule has 0 amide bonds. The summed E-state index contributed by atoms with van der Waals surface area (Å²) in [5.74, 6) is 0. The van der Waals surface area contributed by atoms with Crippen molar-refractivity contribution in [3.05, 3.63) is 48.3 Å². The minimum Gasteiger partial charge on any atom is -0.398 e. The molecule has 0 saturated carbocycles. The van der Waals surface area contributed by atoms with Gasteiger partial charge in [-0.15, -0.1) is 0 Å². The first-order valence-corrected chi connectivity index (χ1v) is 8.02. The van der Waals surface area contributed by atoms with Crippen LogP contribution in [0.25, 0.3) is 0 Å². The topological polar surface area (TPSA) is 85.1 Å². The summed E-state index contributed by atoms with van der Waals surface area (Å²) in [5.41, 5.74) is 7.18. The lowest BCUT2D eigenvalue weighted by atomic mass is 9.86. The Morgan fingerprint density at radius 2 is 1.81 bits per heavy atom. The second kappa shape index (κ2) is 5.37. The molecule has 0 saturated heterocycles. The zero-order valence-corrected chi connectivity index (χ0v) is 13.1. The quantitative estimate of drug-likeness (QED) is 0.913. The lowest BCUT2D eigenvalue weighted by Gasteiger charge is -2.23. The average Bonchev–Trinajstić information content (AvgIpc) is 2.38. The molecule has 1 aromatic heterocycles. The molecule has 0 unspecified atom stereocenters. The van der Waals surface area contributed by atoms with Crippen LogP contribution in [0.3, 0.4) is 0 Å². The number of benzene rings is 1. The van der Waals surface area contributed by atoms with Gasteiger partial charge in [0.05, 0.1) is 11.4 Å². The molecule has 0 aliphatic rings. The van der Waals surface area contributed by atoms with E-state index in [0.29, 0.717) is 5.69 Å². The standard InChI is InChI=1S/C15H19N3O2S/c1-15(2,3)11-6-4-5-7-13(11)18-21(19,20)14-10-17-9-8-12(14)16/h4-10,18H,1-3H3,(H2,16,17). The predicted molar refractivity (Wildman–Crippen MR) is 84.6 cm³/mol. The van der Waals surface area contributed by atoms with E-state index in [-0.39, 0.29) is 16.0 Å². The summed E-state index contributed by atoms with van der Waals surface area (Å²) in [4.78, 5) is 3.81. The van der Waals surface area contributed by atoms with E-state index in [2.05, 4.69) is 9.71 Å². The third-order valence-electron chi connectivity index (χ3n) is 3.09. The van der Waals surface area contributed by atoms with Crippen molar-refractivity contribution in [2.45, 2.75) is 31.1 Å². The Labute approximate surface area is 125 Å². The molecule has 112 valence electrons. The van der Waals surface area contributed by atoms with Gasteiger partial charge in [0.2, 0.25) is 0 Å². The number of nitrogens with one attached hydrogen (secondary N) is 1. The Morgan fingerprint density at radius 1 is 1.14 bits per heavy atom. The second-order valence-corrected chi connectivity index (χ2v) is 7.47. The van der Waals surface area contributed by atoms with Crippen LogP contribution in [-0.2, 0) is 15.4 Å². The molecule has 1 heterocycles. The van der Waals surface area contributed by atoms with Crippen LogP contribution in [-0.4, -0.2) is 13.4 Å². The fourth-order valence-corrected chi connectivity index (χ4v) is 3.20. The Bertz CT molecular complexity index is 750. The number of nitrogens with zero attached hydrogens (tertiary/aromatic N) is 1. The Morgan fingerprint density at radius 3 is 2.43 bits per heavy atom. The fourth-order valence-electron chi connectivity index (χ4n) is 2.04. The molecule has 0 spiro atoms. The molecule has 0 aliphatic carbocycles. The number of sulfonamides is 1. The van der Waals surface area contributed by atoms with Gasteiger partial charge in [0.15, 0.2) is 0 Å². The van der Waals surface area contributed by atoms with Crippen LogP contribution in [0.2, 0.25) is 0 Å². The second-order valence-electron chi connectivity index (χ2n) is 5.81. The van der Waals surface area contributed by atoms with E-state index in [9.17, 15) is 8.42 Å². The lowest BCUT2D eigenvalue weighted by molar-refractivity contribution is 0.590. The largest absolute Gasteiger partial charge is 0.398 e. The van der Waals surface area contributed by atoms with Crippen LogP contribution in [0.4, 0.5) is 11.4 Å². The van der Waals surface area contributed by atoms with Crippen LogP contribution < -0.4 is 10.5 Å². The highest BCUT2D eigenvalue weighted by atomic mass is 32.2. The van der Waals surface area contributed by atoms with Gasteiger partial charge in [-0.2, -0.15) is 0 Å². The molecule has 2 aromatic rings. The zero-order chi connectivity index (χ0) is 15.7. The van der Waals surface area contributed by atoms with Gasteiger partial charge in [0.25, 0.3) is 10.0 Å². The van der Waals surface area contributed by atoms with Crippen LogP contribution in [0.1, 0.15) is 26.3 Å². The van der Waals surface area contributed by atoms with E-state index in [1.165, 1.54) is 18.5 Å². The van der Waals surface area contributed by atoms with Gasteiger partial charge in [-0.25, -0.2) is 8.42 Å². The molecule has 1 aromatic carbocycles. The van der Waals surface area contributed by atoms with E-state index in [0.717, 1.165) is 5.56 Å². The summed E-state index contributed by atoms with van der Waals surface area (Å²) in [5, 5.41) is 0. The normalized spacial score (nSPS) is 12.1. The van der Waals surface area contributed by atoms with Gasteiger partial charge in [0.1, 0.15) is 4.90 Å². The average molecular weight is 305 g/mol. The van der Waals surface area contributed by atoms with Crippen molar-refractivity contribution in [2.75, 3.05) is 10.5 Å². The van der Waals surface area contributed by atoms with Crippen LogP contribution in [0, 0.1) is 0 Å². The third kappa shape index (κ3) is 3.33. The molecule has 6 heteroatoms. The zero-order valence-electron chi connectivity index (χ0n) is 12.3. The van der Waals surface area contributed by atoms with Crippen molar-refractivity contribution in [3.8, 4) is 0 Å². The van der Waals surface area contributed by atoms with Crippen molar-refractivity contribution >= 4 is 21.4 Å². The molecule has 3 N–H and O–H groups in total. The van der Waals surface area contributed by atoms with Crippen LogP contribution in [0.15, 0.2) is 47.6 Å². The number of nitrogen functional groups attached to an aromatic ring is 1. The Kier molecular flexibility index (Phi) is 3.91. The van der Waals surface area contributed by atoms with Crippen molar-refractivity contribution < 1.29 is 8.42 Å². The van der Waals surface area contributed by atoms with Crippen molar-refractivity contribution in [1.29, 1.82) is 0 Å². The number of hydrogen-bond donors (Lipinski definition) is 2. The van der Waals surface area contributed by atoms with Gasteiger partial charge in [-0.3, -0.25) is 9.71 Å².